The highest BCUT2D eigenvalue weighted by atomic mass is 19.4. The van der Waals surface area contributed by atoms with Crippen molar-refractivity contribution in [2.24, 2.45) is 5.73 Å². The highest BCUT2D eigenvalue weighted by molar-refractivity contribution is 5.93. The molecule has 4 rings (SSSR count). The van der Waals surface area contributed by atoms with Crippen molar-refractivity contribution in [3.63, 3.8) is 0 Å². The van der Waals surface area contributed by atoms with Crippen LogP contribution in [-0.2, 0) is 4.79 Å². The van der Waals surface area contributed by atoms with Gasteiger partial charge in [0, 0.05) is 5.39 Å². The van der Waals surface area contributed by atoms with Gasteiger partial charge in [-0.3, -0.25) is 4.79 Å². The van der Waals surface area contributed by atoms with Crippen molar-refractivity contribution >= 4 is 28.4 Å². The molecule has 0 bridgehead atoms. The maximum atomic E-state index is 12.9. The molecule has 3 N–H and O–H groups in total. The smallest absolute Gasteiger partial charge is 0.405 e. The van der Waals surface area contributed by atoms with Gasteiger partial charge in [0.25, 0.3) is 0 Å². The molecular weight excluding hydrogens is 437 g/mol. The molecule has 1 atom stereocenters. The number of ether oxygens (including phenoxy) is 1. The summed E-state index contributed by atoms with van der Waals surface area (Å²) in [5, 5.41) is 8.07. The van der Waals surface area contributed by atoms with Crippen LogP contribution in [0.5, 0.6) is 5.75 Å². The van der Waals surface area contributed by atoms with Crippen molar-refractivity contribution < 1.29 is 22.7 Å². The van der Waals surface area contributed by atoms with Gasteiger partial charge in [0.1, 0.15) is 11.8 Å². The molecule has 172 valence electrons. The minimum Gasteiger partial charge on any atom is -0.405 e. The van der Waals surface area contributed by atoms with Gasteiger partial charge in [0.05, 0.1) is 11.1 Å². The highest BCUT2D eigenvalue weighted by Crippen LogP contribution is 2.33. The third-order valence-corrected chi connectivity index (χ3v) is 5.03. The second kappa shape index (κ2) is 8.93. The Bertz CT molecular complexity index is 1300. The number of para-hydroxylation sites is 2. The second-order valence-corrected chi connectivity index (χ2v) is 7.41. The van der Waals surface area contributed by atoms with E-state index in [-0.39, 0.29) is 17.3 Å². The molecule has 1 amide bonds. The number of halogens is 3. The molecule has 0 aliphatic carbocycles. The van der Waals surface area contributed by atoms with Gasteiger partial charge in [0.15, 0.2) is 11.5 Å². The third kappa shape index (κ3) is 4.81. The lowest BCUT2D eigenvalue weighted by molar-refractivity contribution is -0.274. The molecule has 0 saturated heterocycles. The summed E-state index contributed by atoms with van der Waals surface area (Å²) in [6, 6.07) is 12.0. The van der Waals surface area contributed by atoms with Crippen LogP contribution in [0, 0.1) is 0 Å². The lowest BCUT2D eigenvalue weighted by atomic mass is 10.1. The zero-order valence-corrected chi connectivity index (χ0v) is 17.6. The molecule has 0 aliphatic heterocycles. The van der Waals surface area contributed by atoms with E-state index in [0.717, 1.165) is 12.8 Å². The Kier molecular flexibility index (Phi) is 6.03. The number of rotatable bonds is 8. The maximum absolute atomic E-state index is 12.9. The van der Waals surface area contributed by atoms with E-state index in [1.54, 1.807) is 30.3 Å². The van der Waals surface area contributed by atoms with Crippen molar-refractivity contribution in [2.75, 3.05) is 5.32 Å². The number of nitrogens with two attached hydrogens (primary N) is 1. The molecule has 1 unspecified atom stereocenters. The first-order valence-electron chi connectivity index (χ1n) is 10.3. The Morgan fingerprint density at radius 2 is 1.88 bits per heavy atom. The first-order valence-corrected chi connectivity index (χ1v) is 10.3. The van der Waals surface area contributed by atoms with Gasteiger partial charge >= 0.3 is 6.36 Å². The number of fused-ring (bicyclic) bond motifs is 3. The third-order valence-electron chi connectivity index (χ3n) is 5.03. The SMILES string of the molecule is CCCCC(Nc1nc2ccccc2c2nc(-c3ccccc3OC(F)(F)F)nn12)C(N)=O. The number of unbranched alkanes of at least 4 members (excludes halogenated alkanes) is 1. The van der Waals surface area contributed by atoms with E-state index in [1.807, 2.05) is 6.92 Å². The van der Waals surface area contributed by atoms with Gasteiger partial charge in [-0.2, -0.15) is 4.52 Å². The minimum absolute atomic E-state index is 0.0141. The number of aromatic nitrogens is 4. The van der Waals surface area contributed by atoms with E-state index in [1.165, 1.54) is 22.7 Å². The maximum Gasteiger partial charge on any atom is 0.573 e. The molecule has 0 radical (unpaired) electrons. The predicted molar refractivity (Wildman–Crippen MR) is 117 cm³/mol. The van der Waals surface area contributed by atoms with Gasteiger partial charge in [-0.25, -0.2) is 9.97 Å². The molecule has 11 heteroatoms. The molecule has 2 aromatic carbocycles. The number of nitrogens with zero attached hydrogens (tertiary/aromatic N) is 4. The van der Waals surface area contributed by atoms with Gasteiger partial charge in [-0.15, -0.1) is 18.3 Å². The Labute approximate surface area is 186 Å². The minimum atomic E-state index is -4.87. The molecule has 33 heavy (non-hydrogen) atoms. The Morgan fingerprint density at radius 3 is 2.61 bits per heavy atom. The summed E-state index contributed by atoms with van der Waals surface area (Å²) in [7, 11) is 0. The van der Waals surface area contributed by atoms with E-state index in [9.17, 15) is 18.0 Å². The van der Waals surface area contributed by atoms with E-state index in [0.29, 0.717) is 23.0 Å². The van der Waals surface area contributed by atoms with Crippen LogP contribution < -0.4 is 15.8 Å². The number of benzene rings is 2. The van der Waals surface area contributed by atoms with Crippen LogP contribution in [0.25, 0.3) is 27.9 Å². The first kappa shape index (κ1) is 22.3. The van der Waals surface area contributed by atoms with E-state index in [2.05, 4.69) is 25.1 Å². The average molecular weight is 458 g/mol. The average Bonchev–Trinajstić information content (AvgIpc) is 3.21. The number of amides is 1. The van der Waals surface area contributed by atoms with Gasteiger partial charge in [-0.1, -0.05) is 44.0 Å². The number of carbonyl (C=O) groups is 1. The number of anilines is 1. The topological polar surface area (TPSA) is 107 Å². The zero-order valence-electron chi connectivity index (χ0n) is 17.6. The lowest BCUT2D eigenvalue weighted by Gasteiger charge is -2.16. The lowest BCUT2D eigenvalue weighted by Crippen LogP contribution is -2.36. The van der Waals surface area contributed by atoms with Crippen LogP contribution in [0.3, 0.4) is 0 Å². The highest BCUT2D eigenvalue weighted by Gasteiger charge is 2.32. The van der Waals surface area contributed by atoms with Gasteiger partial charge < -0.3 is 15.8 Å². The number of hydrogen-bond donors (Lipinski definition) is 2. The number of alkyl halides is 3. The summed E-state index contributed by atoms with van der Waals surface area (Å²) >= 11 is 0. The molecule has 8 nitrogen and oxygen atoms in total. The summed E-state index contributed by atoms with van der Waals surface area (Å²) in [4.78, 5) is 21.0. The van der Waals surface area contributed by atoms with E-state index < -0.39 is 24.1 Å². The van der Waals surface area contributed by atoms with Crippen molar-refractivity contribution in [3.8, 4) is 17.1 Å². The fourth-order valence-corrected chi connectivity index (χ4v) is 3.48. The molecule has 2 aromatic heterocycles. The number of primary amides is 1. The molecule has 0 aliphatic rings. The van der Waals surface area contributed by atoms with Gasteiger partial charge in [0.2, 0.25) is 11.9 Å². The molecule has 2 heterocycles. The largest absolute Gasteiger partial charge is 0.573 e. The van der Waals surface area contributed by atoms with Gasteiger partial charge in [-0.05, 0) is 30.7 Å². The van der Waals surface area contributed by atoms with Crippen LogP contribution in [0.2, 0.25) is 0 Å². The number of carbonyl (C=O) groups excluding carboxylic acids is 1. The molecule has 0 saturated carbocycles. The normalized spacial score (nSPS) is 12.7. The van der Waals surface area contributed by atoms with Crippen LogP contribution in [0.4, 0.5) is 19.1 Å². The summed E-state index contributed by atoms with van der Waals surface area (Å²) < 4.78 is 44.2. The quantitative estimate of drug-likeness (QED) is 0.408. The second-order valence-electron chi connectivity index (χ2n) is 7.41. The number of nitrogens with one attached hydrogen (secondary N) is 1. The van der Waals surface area contributed by atoms with Crippen LogP contribution in [0.15, 0.2) is 48.5 Å². The van der Waals surface area contributed by atoms with Crippen molar-refractivity contribution in [2.45, 2.75) is 38.6 Å². The molecular formula is C22H21F3N6O2. The van der Waals surface area contributed by atoms with E-state index >= 15 is 0 Å². The van der Waals surface area contributed by atoms with Crippen LogP contribution in [-0.4, -0.2) is 37.9 Å². The summed E-state index contributed by atoms with van der Waals surface area (Å²) in [6.45, 7) is 1.99. The fourth-order valence-electron chi connectivity index (χ4n) is 3.48. The van der Waals surface area contributed by atoms with Crippen molar-refractivity contribution in [1.82, 2.24) is 19.6 Å². The summed E-state index contributed by atoms with van der Waals surface area (Å²) in [6.07, 6.45) is -2.74. The Morgan fingerprint density at radius 1 is 1.15 bits per heavy atom. The van der Waals surface area contributed by atoms with Crippen LogP contribution in [0.1, 0.15) is 26.2 Å². The predicted octanol–water partition coefficient (Wildman–Crippen LogP) is 4.30. The fraction of sp³-hybridized carbons (Fsp3) is 0.273. The molecule has 0 fully saturated rings. The van der Waals surface area contributed by atoms with Crippen LogP contribution >= 0.6 is 0 Å². The van der Waals surface area contributed by atoms with Crippen molar-refractivity contribution in [1.29, 1.82) is 0 Å². The first-order chi connectivity index (χ1) is 15.8. The Hall–Kier alpha value is -3.89. The standard InChI is InChI=1S/C22H21F3N6O2/c1-2-3-10-16(18(26)32)28-21-27-15-11-6-4-8-13(15)20-29-19(30-31(20)21)14-9-5-7-12-17(14)33-22(23,24)25/h4-9,11-12,16H,2-3,10H2,1H3,(H2,26,32)(H,27,28). The zero-order chi connectivity index (χ0) is 23.6. The molecule has 4 aromatic rings. The van der Waals surface area contributed by atoms with Crippen molar-refractivity contribution in [3.05, 3.63) is 48.5 Å². The Balaban J connectivity index is 1.87. The number of hydrogen-bond acceptors (Lipinski definition) is 6. The summed E-state index contributed by atoms with van der Waals surface area (Å²) in [5.74, 6) is -0.752. The van der Waals surface area contributed by atoms with E-state index in [4.69, 9.17) is 5.73 Å². The summed E-state index contributed by atoms with van der Waals surface area (Å²) in [5.41, 5.74) is 6.55. The molecule has 0 spiro atoms. The monoisotopic (exact) mass is 458 g/mol.